The monoisotopic (exact) mass is 255 g/mol. The first-order chi connectivity index (χ1) is 8.30. The zero-order chi connectivity index (χ0) is 12.1. The van der Waals surface area contributed by atoms with Crippen LogP contribution in [0.2, 0.25) is 0 Å². The Morgan fingerprint density at radius 1 is 1.35 bits per heavy atom. The lowest BCUT2D eigenvalue weighted by atomic mass is 9.65. The van der Waals surface area contributed by atoms with Crippen LogP contribution in [0.5, 0.6) is 0 Å². The summed E-state index contributed by atoms with van der Waals surface area (Å²) in [5.74, 6) is 3.12. The first kappa shape index (κ1) is 13.1. The summed E-state index contributed by atoms with van der Waals surface area (Å²) in [6.07, 6.45) is 9.32. The van der Waals surface area contributed by atoms with Gasteiger partial charge in [-0.15, -0.1) is 0 Å². The SMILES string of the molecule is CN=C(NCCSC)NCC1(C2CC2)CCC1. The minimum absolute atomic E-state index is 0.622. The first-order valence-corrected chi connectivity index (χ1v) is 8.13. The summed E-state index contributed by atoms with van der Waals surface area (Å²) in [4.78, 5) is 4.29. The van der Waals surface area contributed by atoms with Crippen molar-refractivity contribution in [1.29, 1.82) is 0 Å². The highest BCUT2D eigenvalue weighted by Gasteiger charge is 2.48. The van der Waals surface area contributed by atoms with Crippen molar-refractivity contribution in [2.24, 2.45) is 16.3 Å². The summed E-state index contributed by atoms with van der Waals surface area (Å²) >= 11 is 1.86. The lowest BCUT2D eigenvalue weighted by molar-refractivity contribution is 0.106. The zero-order valence-corrected chi connectivity index (χ0v) is 11.9. The standard InChI is InChI=1S/C13H25N3S/c1-14-12(15-8-9-17-2)16-10-13(6-3-7-13)11-4-5-11/h11H,3-10H2,1-2H3,(H2,14,15,16). The lowest BCUT2D eigenvalue weighted by Crippen LogP contribution is -2.47. The van der Waals surface area contributed by atoms with Crippen LogP contribution in [-0.2, 0) is 0 Å². The van der Waals surface area contributed by atoms with Crippen LogP contribution < -0.4 is 10.6 Å². The fourth-order valence-corrected chi connectivity index (χ4v) is 3.11. The fraction of sp³-hybridized carbons (Fsp3) is 0.923. The molecule has 17 heavy (non-hydrogen) atoms. The summed E-state index contributed by atoms with van der Waals surface area (Å²) < 4.78 is 0. The van der Waals surface area contributed by atoms with Gasteiger partial charge in [-0.25, -0.2) is 0 Å². The molecule has 2 aliphatic carbocycles. The molecule has 0 bridgehead atoms. The highest BCUT2D eigenvalue weighted by molar-refractivity contribution is 7.98. The van der Waals surface area contributed by atoms with Crippen LogP contribution in [0.4, 0.5) is 0 Å². The number of aliphatic imine (C=N–C) groups is 1. The summed E-state index contributed by atoms with van der Waals surface area (Å²) in [5, 5.41) is 6.89. The van der Waals surface area contributed by atoms with Gasteiger partial charge in [-0.05, 0) is 43.3 Å². The van der Waals surface area contributed by atoms with Gasteiger partial charge in [0.15, 0.2) is 5.96 Å². The molecule has 2 fully saturated rings. The van der Waals surface area contributed by atoms with Crippen molar-refractivity contribution in [3.63, 3.8) is 0 Å². The van der Waals surface area contributed by atoms with Gasteiger partial charge in [0.1, 0.15) is 0 Å². The largest absolute Gasteiger partial charge is 0.356 e. The molecule has 0 aromatic heterocycles. The van der Waals surface area contributed by atoms with Crippen molar-refractivity contribution in [1.82, 2.24) is 10.6 Å². The molecule has 0 saturated heterocycles. The molecule has 0 aromatic rings. The molecule has 2 saturated carbocycles. The second-order valence-corrected chi connectivity index (χ2v) is 6.32. The van der Waals surface area contributed by atoms with Gasteiger partial charge in [0.2, 0.25) is 0 Å². The average Bonchev–Trinajstić information content (AvgIpc) is 3.10. The maximum absolute atomic E-state index is 4.29. The van der Waals surface area contributed by atoms with Crippen LogP contribution in [0.1, 0.15) is 32.1 Å². The predicted molar refractivity (Wildman–Crippen MR) is 76.8 cm³/mol. The lowest BCUT2D eigenvalue weighted by Gasteiger charge is -2.43. The molecule has 0 aliphatic heterocycles. The zero-order valence-electron chi connectivity index (χ0n) is 11.1. The molecule has 2 aliphatic rings. The fourth-order valence-electron chi connectivity index (χ4n) is 2.81. The van der Waals surface area contributed by atoms with E-state index in [4.69, 9.17) is 0 Å². The molecule has 98 valence electrons. The molecule has 0 aromatic carbocycles. The molecule has 0 unspecified atom stereocenters. The second-order valence-electron chi connectivity index (χ2n) is 5.34. The van der Waals surface area contributed by atoms with Gasteiger partial charge in [-0.3, -0.25) is 4.99 Å². The molecule has 3 nitrogen and oxygen atoms in total. The second kappa shape index (κ2) is 5.98. The van der Waals surface area contributed by atoms with Crippen LogP contribution >= 0.6 is 11.8 Å². The quantitative estimate of drug-likeness (QED) is 0.433. The molecule has 0 radical (unpaired) electrons. The van der Waals surface area contributed by atoms with Gasteiger partial charge < -0.3 is 10.6 Å². The third-order valence-electron chi connectivity index (χ3n) is 4.22. The maximum Gasteiger partial charge on any atom is 0.191 e. The maximum atomic E-state index is 4.29. The van der Waals surface area contributed by atoms with Crippen LogP contribution in [0.3, 0.4) is 0 Å². The number of thioether (sulfide) groups is 1. The van der Waals surface area contributed by atoms with E-state index in [1.54, 1.807) is 0 Å². The molecule has 2 N–H and O–H groups in total. The summed E-state index contributed by atoms with van der Waals surface area (Å²) in [7, 11) is 1.86. The Balaban J connectivity index is 1.71. The number of rotatable bonds is 6. The van der Waals surface area contributed by atoms with Crippen molar-refractivity contribution in [2.45, 2.75) is 32.1 Å². The third kappa shape index (κ3) is 3.30. The van der Waals surface area contributed by atoms with Crippen LogP contribution in [0, 0.1) is 11.3 Å². The number of nitrogens with one attached hydrogen (secondary N) is 2. The van der Waals surface area contributed by atoms with Gasteiger partial charge >= 0.3 is 0 Å². The molecule has 0 heterocycles. The highest BCUT2D eigenvalue weighted by Crippen LogP contribution is 2.56. The van der Waals surface area contributed by atoms with E-state index in [2.05, 4.69) is 21.9 Å². The summed E-state index contributed by atoms with van der Waals surface area (Å²) in [6, 6.07) is 0. The van der Waals surface area contributed by atoms with Crippen molar-refractivity contribution >= 4 is 17.7 Å². The number of nitrogens with zero attached hydrogens (tertiary/aromatic N) is 1. The third-order valence-corrected chi connectivity index (χ3v) is 4.84. The van der Waals surface area contributed by atoms with E-state index in [9.17, 15) is 0 Å². The Kier molecular flexibility index (Phi) is 4.60. The van der Waals surface area contributed by atoms with E-state index in [-0.39, 0.29) is 0 Å². The molecule has 4 heteroatoms. The summed E-state index contributed by atoms with van der Waals surface area (Å²) in [6.45, 7) is 2.12. The Morgan fingerprint density at radius 3 is 2.59 bits per heavy atom. The Labute approximate surface area is 109 Å². The van der Waals surface area contributed by atoms with E-state index >= 15 is 0 Å². The van der Waals surface area contributed by atoms with Crippen LogP contribution in [0.25, 0.3) is 0 Å². The number of guanidine groups is 1. The predicted octanol–water partition coefficient (Wildman–Crippen LogP) is 2.09. The van der Waals surface area contributed by atoms with E-state index < -0.39 is 0 Å². The van der Waals surface area contributed by atoms with Crippen molar-refractivity contribution in [2.75, 3.05) is 32.1 Å². The Morgan fingerprint density at radius 2 is 2.12 bits per heavy atom. The van der Waals surface area contributed by atoms with E-state index in [1.807, 2.05) is 18.8 Å². The van der Waals surface area contributed by atoms with Gasteiger partial charge in [-0.2, -0.15) is 11.8 Å². The molecular formula is C13H25N3S. The van der Waals surface area contributed by atoms with Gasteiger partial charge in [0, 0.05) is 25.9 Å². The van der Waals surface area contributed by atoms with Crippen molar-refractivity contribution in [3.05, 3.63) is 0 Å². The molecule has 2 rings (SSSR count). The smallest absolute Gasteiger partial charge is 0.191 e. The first-order valence-electron chi connectivity index (χ1n) is 6.74. The molecule has 0 spiro atoms. The number of hydrogen-bond donors (Lipinski definition) is 2. The Hall–Kier alpha value is -0.380. The van der Waals surface area contributed by atoms with Gasteiger partial charge in [0.05, 0.1) is 0 Å². The van der Waals surface area contributed by atoms with Gasteiger partial charge in [-0.1, -0.05) is 6.42 Å². The normalized spacial score (nSPS) is 23.1. The molecular weight excluding hydrogens is 230 g/mol. The van der Waals surface area contributed by atoms with Crippen LogP contribution in [-0.4, -0.2) is 38.1 Å². The highest BCUT2D eigenvalue weighted by atomic mass is 32.2. The van der Waals surface area contributed by atoms with E-state index in [0.717, 1.165) is 30.7 Å². The topological polar surface area (TPSA) is 36.4 Å². The summed E-state index contributed by atoms with van der Waals surface area (Å²) in [5.41, 5.74) is 0.622. The molecule has 0 amide bonds. The Bertz CT molecular complexity index is 270. The van der Waals surface area contributed by atoms with Gasteiger partial charge in [0.25, 0.3) is 0 Å². The van der Waals surface area contributed by atoms with E-state index in [1.165, 1.54) is 32.1 Å². The number of hydrogen-bond acceptors (Lipinski definition) is 2. The van der Waals surface area contributed by atoms with Crippen molar-refractivity contribution < 1.29 is 0 Å². The minimum atomic E-state index is 0.622. The van der Waals surface area contributed by atoms with Crippen LogP contribution in [0.15, 0.2) is 4.99 Å². The minimum Gasteiger partial charge on any atom is -0.356 e. The average molecular weight is 255 g/mol. The molecule has 0 atom stereocenters. The van der Waals surface area contributed by atoms with Crippen molar-refractivity contribution in [3.8, 4) is 0 Å². The van der Waals surface area contributed by atoms with E-state index in [0.29, 0.717) is 5.41 Å².